The molecule has 7 heteroatoms. The maximum absolute atomic E-state index is 5.48. The van der Waals surface area contributed by atoms with Gasteiger partial charge in [-0.15, -0.1) is 6.67 Å². The summed E-state index contributed by atoms with van der Waals surface area (Å²) in [5, 5.41) is 0.683. The van der Waals surface area contributed by atoms with Gasteiger partial charge in [-0.05, 0) is 85.3 Å². The van der Waals surface area contributed by atoms with Crippen LogP contribution >= 0.6 is 30.7 Å². The van der Waals surface area contributed by atoms with Crippen molar-refractivity contribution in [1.82, 2.24) is 9.88 Å². The molecule has 3 aromatic rings. The van der Waals surface area contributed by atoms with E-state index >= 15 is 0 Å². The second-order valence-corrected chi connectivity index (χ2v) is 13.2. The Bertz CT molecular complexity index is 1330. The van der Waals surface area contributed by atoms with Crippen LogP contribution in [0, 0.1) is 27.4 Å². The normalized spacial score (nSPS) is 13.9. The minimum absolute atomic E-state index is 0.106. The van der Waals surface area contributed by atoms with Gasteiger partial charge in [-0.25, -0.2) is 0 Å². The first-order valence-corrected chi connectivity index (χ1v) is 17.6. The number of halogens is 3. The first-order chi connectivity index (χ1) is 19.1. The van der Waals surface area contributed by atoms with Crippen molar-refractivity contribution in [3.63, 3.8) is 0 Å². The number of hydrogen-bond acceptors (Lipinski definition) is 3. The number of aryl methyl sites for hydroxylation is 3. The number of nitrogens with zero attached hydrogens (tertiary/aromatic N) is 3. The van der Waals surface area contributed by atoms with Gasteiger partial charge >= 0.3 is 35.0 Å². The molecular weight excluding hydrogens is 651 g/mol. The second-order valence-electron chi connectivity index (χ2n) is 10.4. The van der Waals surface area contributed by atoms with E-state index in [1.807, 2.05) is 0 Å². The van der Waals surface area contributed by atoms with Crippen LogP contribution in [0.1, 0.15) is 72.9 Å². The SMILES string of the molecule is Cc1cc(C)c(C2=CC=CC3=CN(c4c(C(C)C)cccc4C(C)C)[CH-]N32)c(C)c1.Clc1cccnc1.[Cl][Pd][Cl]. The Morgan fingerprint density at radius 2 is 1.50 bits per heavy atom. The summed E-state index contributed by atoms with van der Waals surface area (Å²) < 4.78 is 0. The maximum atomic E-state index is 5.48. The zero-order chi connectivity index (χ0) is 29.4. The molecule has 3 heterocycles. The Morgan fingerprint density at radius 1 is 0.900 bits per heavy atom. The fourth-order valence-electron chi connectivity index (χ4n) is 5.13. The molecule has 0 saturated heterocycles. The molecule has 2 aliphatic rings. The van der Waals surface area contributed by atoms with Crippen molar-refractivity contribution in [2.75, 3.05) is 4.90 Å². The number of benzene rings is 2. The third-order valence-corrected chi connectivity index (χ3v) is 6.95. The molecule has 0 aliphatic carbocycles. The van der Waals surface area contributed by atoms with Gasteiger partial charge in [-0.2, -0.15) is 0 Å². The van der Waals surface area contributed by atoms with Gasteiger partial charge in [0, 0.05) is 35.0 Å². The molecular formula is C33H37Cl3N3Pd-. The number of anilines is 1. The summed E-state index contributed by atoms with van der Waals surface area (Å²) in [4.78, 5) is 8.43. The molecule has 0 fully saturated rings. The summed E-state index contributed by atoms with van der Waals surface area (Å²) in [6.45, 7) is 18.0. The number of hydrogen-bond donors (Lipinski definition) is 0. The zero-order valence-corrected chi connectivity index (χ0v) is 27.9. The molecule has 2 aromatic carbocycles. The summed E-state index contributed by atoms with van der Waals surface area (Å²) >= 11 is 5.37. The van der Waals surface area contributed by atoms with Gasteiger partial charge < -0.3 is 9.80 Å². The van der Waals surface area contributed by atoms with E-state index in [2.05, 4.69) is 125 Å². The van der Waals surface area contributed by atoms with Crippen LogP contribution in [0.2, 0.25) is 5.02 Å². The van der Waals surface area contributed by atoms with Crippen LogP contribution in [0.25, 0.3) is 5.70 Å². The molecule has 3 nitrogen and oxygen atoms in total. The first-order valence-electron chi connectivity index (χ1n) is 13.2. The molecule has 216 valence electrons. The summed E-state index contributed by atoms with van der Waals surface area (Å²) in [6, 6.07) is 14.9. The molecule has 0 saturated carbocycles. The first kappa shape index (κ1) is 32.5. The van der Waals surface area contributed by atoms with Crippen molar-refractivity contribution in [2.45, 2.75) is 60.3 Å². The fourth-order valence-corrected chi connectivity index (χ4v) is 5.26. The van der Waals surface area contributed by atoms with Gasteiger partial charge in [0.1, 0.15) is 0 Å². The van der Waals surface area contributed by atoms with E-state index in [0.717, 1.165) is 0 Å². The zero-order valence-electron chi connectivity index (χ0n) is 24.0. The van der Waals surface area contributed by atoms with E-state index in [1.54, 1.807) is 24.5 Å². The van der Waals surface area contributed by atoms with Crippen LogP contribution in [0.3, 0.4) is 0 Å². The molecule has 5 rings (SSSR count). The third-order valence-electron chi connectivity index (χ3n) is 6.73. The van der Waals surface area contributed by atoms with Crippen molar-refractivity contribution in [3.8, 4) is 0 Å². The van der Waals surface area contributed by atoms with E-state index < -0.39 is 0 Å². The van der Waals surface area contributed by atoms with E-state index in [1.165, 1.54) is 50.5 Å². The van der Waals surface area contributed by atoms with Crippen LogP contribution < -0.4 is 4.90 Å². The van der Waals surface area contributed by atoms with E-state index in [-0.39, 0.29) is 15.9 Å². The van der Waals surface area contributed by atoms with Gasteiger partial charge in [0.2, 0.25) is 0 Å². The number of para-hydroxylation sites is 1. The molecule has 0 bridgehead atoms. The molecule has 0 N–H and O–H groups in total. The van der Waals surface area contributed by atoms with Gasteiger partial charge in [-0.1, -0.05) is 81.3 Å². The fraction of sp³-hybridized carbons (Fsp3) is 0.273. The van der Waals surface area contributed by atoms with Crippen LogP contribution in [0.5, 0.6) is 0 Å². The minimum atomic E-state index is -0.106. The van der Waals surface area contributed by atoms with Crippen molar-refractivity contribution in [1.29, 1.82) is 0 Å². The Morgan fingerprint density at radius 3 is 1.98 bits per heavy atom. The van der Waals surface area contributed by atoms with Crippen LogP contribution in [-0.2, 0) is 15.9 Å². The topological polar surface area (TPSA) is 19.4 Å². The molecule has 40 heavy (non-hydrogen) atoms. The van der Waals surface area contributed by atoms with Gasteiger partial charge in [0.05, 0.1) is 5.02 Å². The summed E-state index contributed by atoms with van der Waals surface area (Å²) in [7, 11) is 9.63. The second kappa shape index (κ2) is 15.2. The van der Waals surface area contributed by atoms with Gasteiger partial charge in [-0.3, -0.25) is 4.98 Å². The van der Waals surface area contributed by atoms with E-state index in [9.17, 15) is 0 Å². The predicted octanol–water partition coefficient (Wildman–Crippen LogP) is 10.7. The quantitative estimate of drug-likeness (QED) is 0.201. The van der Waals surface area contributed by atoms with E-state index in [0.29, 0.717) is 16.9 Å². The molecule has 1 aromatic heterocycles. The Kier molecular flexibility index (Phi) is 12.4. The average molecular weight is 688 g/mol. The van der Waals surface area contributed by atoms with Crippen molar-refractivity contribution < 1.29 is 15.9 Å². The molecule has 0 radical (unpaired) electrons. The van der Waals surface area contributed by atoms with Crippen molar-refractivity contribution in [2.24, 2.45) is 0 Å². The molecule has 2 aliphatic heterocycles. The van der Waals surface area contributed by atoms with Crippen molar-refractivity contribution >= 4 is 42.0 Å². The molecule has 0 spiro atoms. The summed E-state index contributed by atoms with van der Waals surface area (Å²) in [6.07, 6.45) is 12.2. The molecule has 0 unspecified atom stereocenters. The monoisotopic (exact) mass is 686 g/mol. The van der Waals surface area contributed by atoms with Gasteiger partial charge in [0.25, 0.3) is 0 Å². The number of rotatable bonds is 4. The van der Waals surface area contributed by atoms with Gasteiger partial charge in [0.15, 0.2) is 0 Å². The van der Waals surface area contributed by atoms with Crippen LogP contribution in [-0.4, -0.2) is 9.88 Å². The third kappa shape index (κ3) is 8.03. The van der Waals surface area contributed by atoms with Crippen molar-refractivity contribution in [3.05, 3.63) is 130 Å². The Labute approximate surface area is 261 Å². The average Bonchev–Trinajstić information content (AvgIpc) is 3.34. The number of allylic oxidation sites excluding steroid dienone is 3. The van der Waals surface area contributed by atoms with E-state index in [4.69, 9.17) is 30.7 Å². The van der Waals surface area contributed by atoms with Crippen LogP contribution in [0.15, 0.2) is 85.0 Å². The Balaban J connectivity index is 0.000000374. The molecule has 0 atom stereocenters. The van der Waals surface area contributed by atoms with Crippen LogP contribution in [0.4, 0.5) is 5.69 Å². The Hall–Kier alpha value is -2.06. The molecule has 0 amide bonds. The summed E-state index contributed by atoms with van der Waals surface area (Å²) in [5.41, 5.74) is 11.9. The summed E-state index contributed by atoms with van der Waals surface area (Å²) in [5.74, 6) is 0.936. The number of pyridine rings is 1. The predicted molar refractivity (Wildman–Crippen MR) is 170 cm³/mol. The standard InChI is InChI=1S/C28H33N2.C5H4ClN.2ClH.Pd/c1-18(2)24-11-9-12-25(19(3)4)28(24)29-16-23-10-8-13-26(30(23)17-29)27-21(6)14-20(5)15-22(27)7;6-5-2-1-3-7-4-5;;;/h8-19H,1-7H3;1-4H;2*1H;/q-1;;;;+2/p-2. The number of aromatic nitrogens is 1. The number of fused-ring (bicyclic) bond motifs is 1.